The first-order valence-electron chi connectivity index (χ1n) is 7.51. The van der Waals surface area contributed by atoms with Gasteiger partial charge in [0.1, 0.15) is 0 Å². The zero-order chi connectivity index (χ0) is 14.1. The molecule has 1 saturated heterocycles. The molecule has 0 spiro atoms. The van der Waals surface area contributed by atoms with E-state index in [2.05, 4.69) is 41.3 Å². The van der Waals surface area contributed by atoms with E-state index in [0.717, 1.165) is 45.2 Å². The van der Waals surface area contributed by atoms with Gasteiger partial charge in [-0.05, 0) is 32.9 Å². The highest BCUT2D eigenvalue weighted by Crippen LogP contribution is 2.10. The molecule has 1 aliphatic rings. The summed E-state index contributed by atoms with van der Waals surface area (Å²) in [6, 6.07) is 0.510. The van der Waals surface area contributed by atoms with Crippen molar-refractivity contribution in [2.24, 2.45) is 4.99 Å². The first kappa shape index (κ1) is 19.9. The molecule has 2 atom stereocenters. The highest BCUT2D eigenvalue weighted by atomic mass is 127. The fraction of sp³-hybridized carbons (Fsp3) is 0.929. The Morgan fingerprint density at radius 3 is 2.55 bits per heavy atom. The summed E-state index contributed by atoms with van der Waals surface area (Å²) >= 11 is 0. The number of rotatable bonds is 7. The Hall–Kier alpha value is -0.0800. The van der Waals surface area contributed by atoms with Crippen LogP contribution in [0.4, 0.5) is 0 Å². The highest BCUT2D eigenvalue weighted by Gasteiger charge is 2.16. The predicted octanol–water partition coefficient (Wildman–Crippen LogP) is 1.68. The Balaban J connectivity index is 0.00000361. The number of halogens is 1. The van der Waals surface area contributed by atoms with Crippen LogP contribution in [0.5, 0.6) is 0 Å². The van der Waals surface area contributed by atoms with Gasteiger partial charge in [-0.3, -0.25) is 9.89 Å². The van der Waals surface area contributed by atoms with E-state index in [4.69, 9.17) is 4.74 Å². The van der Waals surface area contributed by atoms with Gasteiger partial charge in [0, 0.05) is 32.8 Å². The Morgan fingerprint density at radius 1 is 1.35 bits per heavy atom. The summed E-state index contributed by atoms with van der Waals surface area (Å²) in [5, 5.41) is 6.72. The number of nitrogens with one attached hydrogen (secondary N) is 2. The molecule has 0 aliphatic carbocycles. The number of likely N-dealkylation sites (N-methyl/N-ethyl adjacent to an activating group) is 1. The largest absolute Gasteiger partial charge is 0.376 e. The quantitative estimate of drug-likeness (QED) is 0.389. The molecule has 2 N–H and O–H groups in total. The second-order valence-corrected chi connectivity index (χ2v) is 5.04. The van der Waals surface area contributed by atoms with Crippen LogP contribution in [0.25, 0.3) is 0 Å². The summed E-state index contributed by atoms with van der Waals surface area (Å²) in [5.41, 5.74) is 0. The van der Waals surface area contributed by atoms with Crippen molar-refractivity contribution in [3.05, 3.63) is 0 Å². The summed E-state index contributed by atoms with van der Waals surface area (Å²) < 4.78 is 5.59. The van der Waals surface area contributed by atoms with Crippen molar-refractivity contribution in [3.63, 3.8) is 0 Å². The van der Waals surface area contributed by atoms with Crippen LogP contribution in [0, 0.1) is 0 Å². The second kappa shape index (κ2) is 11.6. The SMILES string of the molecule is CCN(CC)C(C)CNC(=NC)NCC1CCCO1.I. The smallest absolute Gasteiger partial charge is 0.191 e. The van der Waals surface area contributed by atoms with Crippen LogP contribution in [-0.4, -0.2) is 62.8 Å². The molecular weight excluding hydrogens is 367 g/mol. The topological polar surface area (TPSA) is 48.9 Å². The number of nitrogens with zero attached hydrogens (tertiary/aromatic N) is 2. The first-order chi connectivity index (χ1) is 9.21. The molecule has 0 amide bonds. The number of hydrogen-bond donors (Lipinski definition) is 2. The lowest BCUT2D eigenvalue weighted by Crippen LogP contribution is -2.47. The molecular formula is C14H31IN4O. The molecule has 120 valence electrons. The van der Waals surface area contributed by atoms with Gasteiger partial charge in [-0.1, -0.05) is 13.8 Å². The molecule has 0 radical (unpaired) electrons. The van der Waals surface area contributed by atoms with Crippen LogP contribution < -0.4 is 10.6 Å². The molecule has 0 aromatic rings. The molecule has 1 heterocycles. The number of aliphatic imine (C=N–C) groups is 1. The first-order valence-corrected chi connectivity index (χ1v) is 7.51. The monoisotopic (exact) mass is 398 g/mol. The van der Waals surface area contributed by atoms with E-state index in [0.29, 0.717) is 12.1 Å². The second-order valence-electron chi connectivity index (χ2n) is 5.04. The number of hydrogen-bond acceptors (Lipinski definition) is 3. The van der Waals surface area contributed by atoms with Crippen molar-refractivity contribution in [1.29, 1.82) is 0 Å². The van der Waals surface area contributed by atoms with Gasteiger partial charge in [0.2, 0.25) is 0 Å². The Labute approximate surface area is 140 Å². The third kappa shape index (κ3) is 7.08. The molecule has 0 aromatic heterocycles. The molecule has 2 unspecified atom stereocenters. The molecule has 0 bridgehead atoms. The summed E-state index contributed by atoms with van der Waals surface area (Å²) in [6.07, 6.45) is 2.68. The van der Waals surface area contributed by atoms with Gasteiger partial charge in [0.05, 0.1) is 6.10 Å². The third-order valence-electron chi connectivity index (χ3n) is 3.75. The zero-order valence-electron chi connectivity index (χ0n) is 13.3. The van der Waals surface area contributed by atoms with E-state index in [9.17, 15) is 0 Å². The average Bonchev–Trinajstić information content (AvgIpc) is 2.93. The predicted molar refractivity (Wildman–Crippen MR) is 96.1 cm³/mol. The summed E-state index contributed by atoms with van der Waals surface area (Å²) in [5.74, 6) is 0.870. The fourth-order valence-corrected chi connectivity index (χ4v) is 2.46. The lowest BCUT2D eigenvalue weighted by Gasteiger charge is -2.27. The molecule has 1 aliphatic heterocycles. The maximum atomic E-state index is 5.59. The minimum Gasteiger partial charge on any atom is -0.376 e. The van der Waals surface area contributed by atoms with Crippen LogP contribution in [0.3, 0.4) is 0 Å². The van der Waals surface area contributed by atoms with Crippen LogP contribution in [-0.2, 0) is 4.74 Å². The standard InChI is InChI=1S/C14H30N4O.HI/c1-5-18(6-2)12(3)10-16-14(15-4)17-11-13-8-7-9-19-13;/h12-13H,5-11H2,1-4H3,(H2,15,16,17);1H. The Kier molecular flexibility index (Phi) is 11.5. The van der Waals surface area contributed by atoms with E-state index in [1.165, 1.54) is 6.42 Å². The highest BCUT2D eigenvalue weighted by molar-refractivity contribution is 14.0. The van der Waals surface area contributed by atoms with Gasteiger partial charge in [-0.2, -0.15) is 0 Å². The maximum absolute atomic E-state index is 5.59. The lowest BCUT2D eigenvalue weighted by atomic mass is 10.2. The van der Waals surface area contributed by atoms with E-state index >= 15 is 0 Å². The van der Waals surface area contributed by atoms with Crippen LogP contribution in [0.15, 0.2) is 4.99 Å². The molecule has 1 rings (SSSR count). The number of guanidine groups is 1. The molecule has 0 saturated carbocycles. The lowest BCUT2D eigenvalue weighted by molar-refractivity contribution is 0.113. The van der Waals surface area contributed by atoms with Crippen LogP contribution >= 0.6 is 24.0 Å². The average molecular weight is 398 g/mol. The minimum absolute atomic E-state index is 0. The molecule has 1 fully saturated rings. The van der Waals surface area contributed by atoms with Gasteiger partial charge in [-0.25, -0.2) is 0 Å². The van der Waals surface area contributed by atoms with Crippen LogP contribution in [0.2, 0.25) is 0 Å². The van der Waals surface area contributed by atoms with E-state index in [-0.39, 0.29) is 24.0 Å². The Bertz CT molecular complexity index is 266. The summed E-state index contributed by atoms with van der Waals surface area (Å²) in [4.78, 5) is 6.68. The Morgan fingerprint density at radius 2 is 2.05 bits per heavy atom. The normalized spacial score (nSPS) is 20.6. The summed E-state index contributed by atoms with van der Waals surface area (Å²) in [7, 11) is 1.81. The fourth-order valence-electron chi connectivity index (χ4n) is 2.46. The van der Waals surface area contributed by atoms with E-state index in [1.54, 1.807) is 0 Å². The molecule has 6 heteroatoms. The van der Waals surface area contributed by atoms with Gasteiger partial charge in [-0.15, -0.1) is 24.0 Å². The van der Waals surface area contributed by atoms with Crippen molar-refractivity contribution in [1.82, 2.24) is 15.5 Å². The maximum Gasteiger partial charge on any atom is 0.191 e. The van der Waals surface area contributed by atoms with Gasteiger partial charge in [0.15, 0.2) is 5.96 Å². The third-order valence-corrected chi connectivity index (χ3v) is 3.75. The summed E-state index contributed by atoms with van der Waals surface area (Å²) in [6.45, 7) is 11.5. The number of ether oxygens (including phenoxy) is 1. The van der Waals surface area contributed by atoms with Crippen molar-refractivity contribution < 1.29 is 4.74 Å². The molecule has 20 heavy (non-hydrogen) atoms. The van der Waals surface area contributed by atoms with E-state index < -0.39 is 0 Å². The van der Waals surface area contributed by atoms with Crippen molar-refractivity contribution in [2.75, 3.05) is 39.8 Å². The van der Waals surface area contributed by atoms with Gasteiger partial charge >= 0.3 is 0 Å². The van der Waals surface area contributed by atoms with Gasteiger partial charge in [0.25, 0.3) is 0 Å². The molecule has 0 aromatic carbocycles. The van der Waals surface area contributed by atoms with Gasteiger partial charge < -0.3 is 15.4 Å². The minimum atomic E-state index is 0. The van der Waals surface area contributed by atoms with Crippen molar-refractivity contribution in [3.8, 4) is 0 Å². The van der Waals surface area contributed by atoms with E-state index in [1.807, 2.05) is 7.05 Å². The van der Waals surface area contributed by atoms with Crippen LogP contribution in [0.1, 0.15) is 33.6 Å². The van der Waals surface area contributed by atoms with Crippen molar-refractivity contribution >= 4 is 29.9 Å². The molecule has 5 nitrogen and oxygen atoms in total. The zero-order valence-corrected chi connectivity index (χ0v) is 15.6. The van der Waals surface area contributed by atoms with Crippen molar-refractivity contribution in [2.45, 2.75) is 45.8 Å².